The van der Waals surface area contributed by atoms with Crippen molar-refractivity contribution in [2.24, 2.45) is 12.8 Å². The summed E-state index contributed by atoms with van der Waals surface area (Å²) < 4.78 is 33.1. The summed E-state index contributed by atoms with van der Waals surface area (Å²) >= 11 is 0. The molecule has 1 atom stereocenters. The van der Waals surface area contributed by atoms with Crippen molar-refractivity contribution >= 4 is 10.0 Å². The van der Waals surface area contributed by atoms with Gasteiger partial charge in [0.2, 0.25) is 10.0 Å². The second-order valence-electron chi connectivity index (χ2n) is 4.10. The Hall–Kier alpha value is -0.890. The summed E-state index contributed by atoms with van der Waals surface area (Å²) in [6.45, 7) is 1.44. The van der Waals surface area contributed by atoms with E-state index in [9.17, 15) is 8.42 Å². The van der Waals surface area contributed by atoms with E-state index >= 15 is 0 Å². The van der Waals surface area contributed by atoms with Crippen LogP contribution in [0.4, 0.5) is 0 Å². The molecular formula is C10H17N3O3S. The van der Waals surface area contributed by atoms with Gasteiger partial charge in [-0.1, -0.05) is 0 Å². The highest BCUT2D eigenvalue weighted by molar-refractivity contribution is 7.89. The summed E-state index contributed by atoms with van der Waals surface area (Å²) in [5.74, 6) is 0. The molecule has 0 radical (unpaired) electrons. The predicted octanol–water partition coefficient (Wildman–Crippen LogP) is -0.627. The minimum Gasteiger partial charge on any atom is -0.374 e. The fourth-order valence-corrected chi connectivity index (χ4v) is 3.34. The number of hydrogen-bond donors (Lipinski definition) is 1. The van der Waals surface area contributed by atoms with Crippen molar-refractivity contribution in [2.45, 2.75) is 11.0 Å². The van der Waals surface area contributed by atoms with Crippen molar-refractivity contribution in [3.05, 3.63) is 18.5 Å². The molecule has 0 saturated carbocycles. The lowest BCUT2D eigenvalue weighted by Crippen LogP contribution is -2.47. The molecule has 1 saturated heterocycles. The normalized spacial score (nSPS) is 22.8. The molecule has 1 aliphatic rings. The fraction of sp³-hybridized carbons (Fsp3) is 0.600. The number of sulfonamides is 1. The van der Waals surface area contributed by atoms with Crippen LogP contribution in [0.2, 0.25) is 0 Å². The Morgan fingerprint density at radius 3 is 2.94 bits per heavy atom. The van der Waals surface area contributed by atoms with Crippen LogP contribution < -0.4 is 5.73 Å². The van der Waals surface area contributed by atoms with Gasteiger partial charge in [0.15, 0.2) is 0 Å². The first kappa shape index (κ1) is 12.6. The number of nitrogens with two attached hydrogens (primary N) is 1. The molecule has 2 rings (SSSR count). The maximum Gasteiger partial charge on any atom is 0.244 e. The second kappa shape index (κ2) is 4.77. The van der Waals surface area contributed by atoms with Crippen LogP contribution in [0.5, 0.6) is 0 Å². The van der Waals surface area contributed by atoms with E-state index < -0.39 is 10.0 Å². The third-order valence-corrected chi connectivity index (χ3v) is 4.66. The van der Waals surface area contributed by atoms with Crippen molar-refractivity contribution in [3.63, 3.8) is 0 Å². The molecule has 2 N–H and O–H groups in total. The molecule has 0 aliphatic carbocycles. The Kier molecular flexibility index (Phi) is 3.53. The molecule has 7 heteroatoms. The van der Waals surface area contributed by atoms with Gasteiger partial charge in [-0.2, -0.15) is 4.31 Å². The van der Waals surface area contributed by atoms with Gasteiger partial charge in [0, 0.05) is 39.1 Å². The van der Waals surface area contributed by atoms with Crippen LogP contribution in [0.15, 0.2) is 23.4 Å². The summed E-state index contributed by atoms with van der Waals surface area (Å²) in [7, 11) is -1.61. The van der Waals surface area contributed by atoms with Crippen LogP contribution in [-0.2, 0) is 21.8 Å². The Morgan fingerprint density at radius 2 is 2.35 bits per heavy atom. The average Bonchev–Trinajstić information content (AvgIpc) is 2.76. The van der Waals surface area contributed by atoms with Crippen LogP contribution >= 0.6 is 0 Å². The summed E-state index contributed by atoms with van der Waals surface area (Å²) in [6.07, 6.45) is 3.11. The molecular weight excluding hydrogens is 242 g/mol. The van der Waals surface area contributed by atoms with Gasteiger partial charge in [0.05, 0.1) is 17.6 Å². The fourth-order valence-electron chi connectivity index (χ4n) is 1.83. The summed E-state index contributed by atoms with van der Waals surface area (Å²) in [5, 5.41) is 0. The minimum atomic E-state index is -3.41. The largest absolute Gasteiger partial charge is 0.374 e. The number of nitrogens with zero attached hydrogens (tertiary/aromatic N) is 2. The highest BCUT2D eigenvalue weighted by Gasteiger charge is 2.30. The van der Waals surface area contributed by atoms with E-state index in [0.29, 0.717) is 31.1 Å². The van der Waals surface area contributed by atoms with Crippen LogP contribution in [-0.4, -0.2) is 49.6 Å². The zero-order valence-corrected chi connectivity index (χ0v) is 10.6. The van der Waals surface area contributed by atoms with Gasteiger partial charge in [-0.15, -0.1) is 0 Å². The second-order valence-corrected chi connectivity index (χ2v) is 6.04. The summed E-state index contributed by atoms with van der Waals surface area (Å²) in [5.41, 5.74) is 5.50. The number of hydrogen-bond acceptors (Lipinski definition) is 4. The Bertz CT molecular complexity index is 483. The van der Waals surface area contributed by atoms with E-state index in [0.717, 1.165) is 0 Å². The van der Waals surface area contributed by atoms with Crippen molar-refractivity contribution in [2.75, 3.05) is 26.2 Å². The number of morpholine rings is 1. The van der Waals surface area contributed by atoms with Gasteiger partial charge >= 0.3 is 0 Å². The molecule has 1 unspecified atom stereocenters. The van der Waals surface area contributed by atoms with Gasteiger partial charge in [-0.25, -0.2) is 8.42 Å². The predicted molar refractivity (Wildman–Crippen MR) is 63.0 cm³/mol. The molecule has 96 valence electrons. The standard InChI is InChI=1S/C10H17N3O3S/c1-12-3-2-10(8-12)17(14,15)13-4-5-16-9(6-11)7-13/h2-3,8-9H,4-7,11H2,1H3. The minimum absolute atomic E-state index is 0.206. The zero-order chi connectivity index (χ0) is 12.5. The van der Waals surface area contributed by atoms with Crippen LogP contribution in [0.25, 0.3) is 0 Å². The average molecular weight is 259 g/mol. The highest BCUT2D eigenvalue weighted by atomic mass is 32.2. The molecule has 17 heavy (non-hydrogen) atoms. The number of aryl methyl sites for hydroxylation is 1. The lowest BCUT2D eigenvalue weighted by molar-refractivity contribution is 0.00451. The lowest BCUT2D eigenvalue weighted by Gasteiger charge is -2.31. The lowest BCUT2D eigenvalue weighted by atomic mass is 10.3. The van der Waals surface area contributed by atoms with Gasteiger partial charge < -0.3 is 15.0 Å². The van der Waals surface area contributed by atoms with E-state index in [1.807, 2.05) is 0 Å². The maximum atomic E-state index is 12.3. The molecule has 2 heterocycles. The summed E-state index contributed by atoms with van der Waals surface area (Å²) in [6, 6.07) is 1.60. The molecule has 1 fully saturated rings. The van der Waals surface area contributed by atoms with Crippen LogP contribution in [0, 0.1) is 0 Å². The van der Waals surface area contributed by atoms with Crippen molar-refractivity contribution in [1.82, 2.24) is 8.87 Å². The van der Waals surface area contributed by atoms with E-state index in [1.165, 1.54) is 4.31 Å². The molecule has 1 aromatic heterocycles. The molecule has 6 nitrogen and oxygen atoms in total. The van der Waals surface area contributed by atoms with E-state index in [-0.39, 0.29) is 6.10 Å². The number of aromatic nitrogens is 1. The van der Waals surface area contributed by atoms with E-state index in [4.69, 9.17) is 10.5 Å². The van der Waals surface area contributed by atoms with Crippen molar-refractivity contribution in [1.29, 1.82) is 0 Å². The topological polar surface area (TPSA) is 77.6 Å². The Labute approximate surface area is 101 Å². The van der Waals surface area contributed by atoms with E-state index in [1.54, 1.807) is 30.1 Å². The van der Waals surface area contributed by atoms with Crippen molar-refractivity contribution < 1.29 is 13.2 Å². The molecule has 1 aromatic rings. The van der Waals surface area contributed by atoms with Crippen LogP contribution in [0.3, 0.4) is 0 Å². The Morgan fingerprint density at radius 1 is 1.59 bits per heavy atom. The molecule has 1 aliphatic heterocycles. The van der Waals surface area contributed by atoms with Gasteiger partial charge in [-0.05, 0) is 6.07 Å². The highest BCUT2D eigenvalue weighted by Crippen LogP contribution is 2.18. The van der Waals surface area contributed by atoms with E-state index in [2.05, 4.69) is 0 Å². The molecule has 0 amide bonds. The quantitative estimate of drug-likeness (QED) is 0.784. The first-order valence-electron chi connectivity index (χ1n) is 5.48. The SMILES string of the molecule is Cn1ccc(S(=O)(=O)N2CCOC(CN)C2)c1. The maximum absolute atomic E-state index is 12.3. The van der Waals surface area contributed by atoms with Gasteiger partial charge in [0.25, 0.3) is 0 Å². The molecule has 0 spiro atoms. The van der Waals surface area contributed by atoms with Crippen LogP contribution in [0.1, 0.15) is 0 Å². The Balaban J connectivity index is 2.21. The monoisotopic (exact) mass is 259 g/mol. The molecule has 0 bridgehead atoms. The third-order valence-electron chi connectivity index (χ3n) is 2.81. The third kappa shape index (κ3) is 2.52. The zero-order valence-electron chi connectivity index (χ0n) is 9.74. The molecule has 0 aromatic carbocycles. The van der Waals surface area contributed by atoms with Gasteiger partial charge in [-0.3, -0.25) is 0 Å². The van der Waals surface area contributed by atoms with Gasteiger partial charge in [0.1, 0.15) is 0 Å². The van der Waals surface area contributed by atoms with Crippen molar-refractivity contribution in [3.8, 4) is 0 Å². The number of ether oxygens (including phenoxy) is 1. The number of rotatable bonds is 3. The first-order valence-corrected chi connectivity index (χ1v) is 6.92. The summed E-state index contributed by atoms with van der Waals surface area (Å²) in [4.78, 5) is 0.317. The smallest absolute Gasteiger partial charge is 0.244 e. The first-order chi connectivity index (χ1) is 8.04.